The van der Waals surface area contributed by atoms with Gasteiger partial charge >= 0.3 is 52.1 Å². The number of hydrogen-bond donors (Lipinski definition) is 0. The van der Waals surface area contributed by atoms with Crippen molar-refractivity contribution in [3.63, 3.8) is 0 Å². The topological polar surface area (TPSA) is 0 Å². The molecular weight excluding hydrogens is 703 g/mol. The fraction of sp³-hybridized carbons (Fsp3) is 0.235. The molecule has 0 N–H and O–H groups in total. The van der Waals surface area contributed by atoms with Crippen LogP contribution in [0.3, 0.4) is 0 Å². The molecule has 0 saturated heterocycles. The molecule has 4 aromatic carbocycles. The molecule has 0 amide bonds. The molecule has 4 aromatic rings. The largest absolute Gasteiger partial charge is 2.00 e. The predicted octanol–water partition coefficient (Wildman–Crippen LogP) is 8.59. The van der Waals surface area contributed by atoms with Gasteiger partial charge in [-0.25, -0.2) is 0 Å². The van der Waals surface area contributed by atoms with Crippen molar-refractivity contribution in [2.45, 2.75) is 49.8 Å². The summed E-state index contributed by atoms with van der Waals surface area (Å²) in [4.78, 5) is 0. The summed E-state index contributed by atoms with van der Waals surface area (Å²) in [6.07, 6.45) is 13.2. The van der Waals surface area contributed by atoms with Crippen molar-refractivity contribution in [1.29, 1.82) is 0 Å². The van der Waals surface area contributed by atoms with Gasteiger partial charge in [0.1, 0.15) is 0 Å². The summed E-state index contributed by atoms with van der Waals surface area (Å²) in [7, 11) is 8.36. The van der Waals surface area contributed by atoms with Crippen LogP contribution in [-0.2, 0) is 33.0 Å². The molecule has 6 heteroatoms. The van der Waals surface area contributed by atoms with Crippen LogP contribution in [0.5, 0.6) is 0 Å². The maximum absolute atomic E-state index is 4.81. The fourth-order valence-electron chi connectivity index (χ4n) is 5.73. The minimum atomic E-state index is -0.633. The van der Waals surface area contributed by atoms with Crippen LogP contribution in [0.1, 0.15) is 38.5 Å². The smallest absolute Gasteiger partial charge is 0.288 e. The minimum absolute atomic E-state index is 0. The molecule has 2 saturated carbocycles. The van der Waals surface area contributed by atoms with Gasteiger partial charge in [0.15, 0.2) is 0 Å². The van der Waals surface area contributed by atoms with E-state index in [1.807, 2.05) is 0 Å². The number of benzene rings is 4. The number of halogens is 2. The monoisotopic (exact) mass is 740 g/mol. The normalized spacial score (nSPS) is 17.9. The van der Waals surface area contributed by atoms with Gasteiger partial charge in [0.2, 0.25) is 0 Å². The second kappa shape index (κ2) is 19.6. The van der Waals surface area contributed by atoms with Gasteiger partial charge < -0.3 is 0 Å². The van der Waals surface area contributed by atoms with Crippen molar-refractivity contribution in [3.05, 3.63) is 134 Å². The molecule has 0 heterocycles. The standard InChI is InChI=1S/2C17H18P.2ClH.Fe.Pd/c2*1-3-9-15(10-4-1)18(17-13-7-8-14-17)16-11-5-2-6-12-16;;;;/h2*1-6,9-13,17H,7-8,14H2;2*1H;;/q2*-1;;;2*+2. The molecule has 0 aliphatic heterocycles. The predicted molar refractivity (Wildman–Crippen MR) is 177 cm³/mol. The molecular formula is C34H38Cl2FeP2Pd+2. The summed E-state index contributed by atoms with van der Waals surface area (Å²) >= 11 is -0.106. The Bertz CT molecular complexity index is 1000. The van der Waals surface area contributed by atoms with Crippen molar-refractivity contribution >= 4 is 56.1 Å². The zero-order valence-corrected chi connectivity index (χ0v) is 28.7. The van der Waals surface area contributed by atoms with E-state index < -0.39 is 15.8 Å². The summed E-state index contributed by atoms with van der Waals surface area (Å²) in [5, 5.41) is 6.21. The van der Waals surface area contributed by atoms with E-state index in [9.17, 15) is 0 Å². The molecule has 0 spiro atoms. The molecule has 2 atom stereocenters. The van der Waals surface area contributed by atoms with Gasteiger partial charge in [-0.05, 0) is 72.7 Å². The second-order valence-electron chi connectivity index (χ2n) is 9.88. The minimum Gasteiger partial charge on any atom is -0.288 e. The Kier molecular flexibility index (Phi) is 16.7. The van der Waals surface area contributed by atoms with Crippen LogP contribution in [-0.4, -0.2) is 11.3 Å². The van der Waals surface area contributed by atoms with E-state index in [0.717, 1.165) is 11.3 Å². The SMILES string of the molecule is [Cl][Pd][Cl].[Fe+2].c1ccc([PH+](c2ccccc2)C2[CH-]CCC2)cc1.c1ccc([PH+](c2ccccc2)C2[CH-]CCC2)cc1. The Balaban J connectivity index is 0.000000197. The van der Waals surface area contributed by atoms with E-state index in [4.69, 9.17) is 19.1 Å². The van der Waals surface area contributed by atoms with Gasteiger partial charge in [0.25, 0.3) is 0 Å². The molecule has 0 nitrogen and oxygen atoms in total. The maximum atomic E-state index is 4.81. The van der Waals surface area contributed by atoms with E-state index in [1.165, 1.54) is 38.5 Å². The van der Waals surface area contributed by atoms with Gasteiger partial charge in [0, 0.05) is 15.8 Å². The quantitative estimate of drug-likeness (QED) is 0.106. The summed E-state index contributed by atoms with van der Waals surface area (Å²) in [5.74, 6) is 0. The van der Waals surface area contributed by atoms with Crippen LogP contribution in [0, 0.1) is 12.8 Å². The molecule has 214 valence electrons. The first kappa shape index (κ1) is 34.0. The van der Waals surface area contributed by atoms with E-state index >= 15 is 0 Å². The van der Waals surface area contributed by atoms with Crippen molar-refractivity contribution in [3.8, 4) is 0 Å². The maximum Gasteiger partial charge on any atom is 2.00 e. The summed E-state index contributed by atoms with van der Waals surface area (Å²) in [6, 6.07) is 44.4. The van der Waals surface area contributed by atoms with E-state index in [2.05, 4.69) is 134 Å². The average Bonchev–Trinajstić information content (AvgIpc) is 3.72. The first-order valence-corrected chi connectivity index (χ1v) is 20.9. The van der Waals surface area contributed by atoms with E-state index in [-0.39, 0.29) is 33.0 Å². The van der Waals surface area contributed by atoms with Crippen molar-refractivity contribution in [2.24, 2.45) is 0 Å². The van der Waals surface area contributed by atoms with E-state index in [1.54, 1.807) is 21.2 Å². The molecule has 2 unspecified atom stereocenters. The van der Waals surface area contributed by atoms with Gasteiger partial charge in [-0.15, -0.1) is 0 Å². The summed E-state index contributed by atoms with van der Waals surface area (Å²) in [5.41, 5.74) is 1.61. The van der Waals surface area contributed by atoms with Crippen molar-refractivity contribution in [1.82, 2.24) is 0 Å². The third-order valence-corrected chi connectivity index (χ3v) is 13.8. The zero-order chi connectivity index (χ0) is 27.1. The molecule has 0 radical (unpaired) electrons. The Morgan fingerprint density at radius 1 is 0.500 bits per heavy atom. The van der Waals surface area contributed by atoms with Gasteiger partial charge in [-0.3, -0.25) is 12.8 Å². The first-order valence-electron chi connectivity index (χ1n) is 13.8. The summed E-state index contributed by atoms with van der Waals surface area (Å²) in [6.45, 7) is 0. The van der Waals surface area contributed by atoms with Gasteiger partial charge in [-0.2, -0.15) is 12.8 Å². The molecule has 6 rings (SSSR count). The summed E-state index contributed by atoms with van der Waals surface area (Å²) < 4.78 is 0. The van der Waals surface area contributed by atoms with Crippen LogP contribution in [0.25, 0.3) is 0 Å². The number of rotatable bonds is 6. The Hall–Kier alpha value is -0.498. The average molecular weight is 742 g/mol. The van der Waals surface area contributed by atoms with Gasteiger partial charge in [0.05, 0.1) is 21.2 Å². The van der Waals surface area contributed by atoms with Crippen LogP contribution < -0.4 is 21.2 Å². The zero-order valence-electron chi connectivity index (χ0n) is 22.5. The molecule has 2 aliphatic carbocycles. The Labute approximate surface area is 271 Å². The number of hydrogen-bond acceptors (Lipinski definition) is 0. The molecule has 2 fully saturated rings. The second-order valence-corrected chi connectivity index (χ2v) is 17.7. The van der Waals surface area contributed by atoms with E-state index in [0.29, 0.717) is 0 Å². The molecule has 0 bridgehead atoms. The van der Waals surface area contributed by atoms with Crippen molar-refractivity contribution in [2.75, 3.05) is 0 Å². The first-order chi connectivity index (χ1) is 19.3. The van der Waals surface area contributed by atoms with Crippen LogP contribution in [0.15, 0.2) is 121 Å². The van der Waals surface area contributed by atoms with Crippen LogP contribution in [0.4, 0.5) is 0 Å². The Morgan fingerprint density at radius 3 is 0.950 bits per heavy atom. The van der Waals surface area contributed by atoms with Crippen molar-refractivity contribution < 1.29 is 33.0 Å². The third-order valence-electron chi connectivity index (χ3n) is 7.42. The van der Waals surface area contributed by atoms with Crippen LogP contribution >= 0.6 is 34.9 Å². The molecule has 0 aromatic heterocycles. The Morgan fingerprint density at radius 2 is 0.750 bits per heavy atom. The fourth-order valence-corrected chi connectivity index (χ4v) is 12.1. The third kappa shape index (κ3) is 10.3. The van der Waals surface area contributed by atoms with Gasteiger partial charge in [-0.1, -0.05) is 85.6 Å². The molecule has 2 aliphatic rings. The molecule has 40 heavy (non-hydrogen) atoms. The van der Waals surface area contributed by atoms with Crippen LogP contribution in [0.2, 0.25) is 0 Å².